The molecule has 1 aliphatic rings. The van der Waals surface area contributed by atoms with E-state index in [1.807, 2.05) is 18.2 Å². The van der Waals surface area contributed by atoms with Crippen molar-refractivity contribution in [1.82, 2.24) is 5.32 Å². The van der Waals surface area contributed by atoms with Crippen LogP contribution in [0.4, 0.5) is 0 Å². The molecule has 0 spiro atoms. The lowest BCUT2D eigenvalue weighted by molar-refractivity contribution is 0.106. The highest BCUT2D eigenvalue weighted by atomic mass is 79.9. The van der Waals surface area contributed by atoms with Gasteiger partial charge in [-0.2, -0.15) is 0 Å². The molecule has 0 aromatic heterocycles. The van der Waals surface area contributed by atoms with E-state index in [0.29, 0.717) is 6.10 Å². The number of halogens is 2. The molecule has 1 fully saturated rings. The van der Waals surface area contributed by atoms with Crippen molar-refractivity contribution in [3.05, 3.63) is 27.1 Å². The van der Waals surface area contributed by atoms with Gasteiger partial charge in [0.2, 0.25) is 0 Å². The first kappa shape index (κ1) is 15.3. The molecule has 1 N–H and O–H groups in total. The van der Waals surface area contributed by atoms with Gasteiger partial charge in [0.15, 0.2) is 0 Å². The van der Waals surface area contributed by atoms with Crippen molar-refractivity contribution in [1.29, 1.82) is 0 Å². The third kappa shape index (κ3) is 5.06. The maximum absolute atomic E-state index is 5.89. The molecule has 0 radical (unpaired) electrons. The Hall–Kier alpha value is -0.100. The fourth-order valence-corrected chi connectivity index (χ4v) is 3.22. The zero-order valence-corrected chi connectivity index (χ0v) is 14.2. The van der Waals surface area contributed by atoms with Gasteiger partial charge in [-0.15, -0.1) is 0 Å². The third-order valence-corrected chi connectivity index (χ3v) is 4.16. The highest BCUT2D eigenvalue weighted by molar-refractivity contribution is 9.11. The third-order valence-electron chi connectivity index (χ3n) is 3.05. The second-order valence-electron chi connectivity index (χ2n) is 4.80. The van der Waals surface area contributed by atoms with E-state index in [2.05, 4.69) is 44.1 Å². The Morgan fingerprint density at radius 2 is 2.32 bits per heavy atom. The predicted octanol–water partition coefficient (Wildman–Crippen LogP) is 3.75. The van der Waals surface area contributed by atoms with Crippen molar-refractivity contribution in [3.63, 3.8) is 0 Å². The molecular formula is C14H19Br2NO2. The van der Waals surface area contributed by atoms with Gasteiger partial charge in [-0.25, -0.2) is 0 Å². The Balaban J connectivity index is 1.72. The Labute approximate surface area is 131 Å². The molecule has 5 heteroatoms. The fourth-order valence-electron chi connectivity index (χ4n) is 2.08. The Kier molecular flexibility index (Phi) is 6.13. The molecule has 2 atom stereocenters. The molecule has 106 valence electrons. The highest BCUT2D eigenvalue weighted by Crippen LogP contribution is 2.28. The summed E-state index contributed by atoms with van der Waals surface area (Å²) in [5.41, 5.74) is 0. The molecule has 0 bridgehead atoms. The molecule has 1 heterocycles. The van der Waals surface area contributed by atoms with Gasteiger partial charge in [0.25, 0.3) is 0 Å². The first-order valence-corrected chi connectivity index (χ1v) is 8.18. The topological polar surface area (TPSA) is 30.5 Å². The standard InChI is InChI=1S/C14H19Br2NO2/c1-10(8-17-9-12-3-2-6-18-12)19-14-5-4-11(15)7-13(14)16/h4-5,7,10,12,17H,2-3,6,8-9H2,1H3. The van der Waals surface area contributed by atoms with Crippen LogP contribution in [0.3, 0.4) is 0 Å². The molecule has 19 heavy (non-hydrogen) atoms. The maximum Gasteiger partial charge on any atom is 0.134 e. The first-order valence-electron chi connectivity index (χ1n) is 6.59. The van der Waals surface area contributed by atoms with Crippen LogP contribution in [0.5, 0.6) is 5.75 Å². The van der Waals surface area contributed by atoms with Gasteiger partial charge in [-0.3, -0.25) is 0 Å². The van der Waals surface area contributed by atoms with E-state index >= 15 is 0 Å². The summed E-state index contributed by atoms with van der Waals surface area (Å²) in [4.78, 5) is 0. The molecule has 0 amide bonds. The van der Waals surface area contributed by atoms with Crippen molar-refractivity contribution < 1.29 is 9.47 Å². The summed E-state index contributed by atoms with van der Waals surface area (Å²) in [6.45, 7) is 4.71. The average molecular weight is 393 g/mol. The van der Waals surface area contributed by atoms with E-state index in [1.54, 1.807) is 0 Å². The van der Waals surface area contributed by atoms with E-state index in [9.17, 15) is 0 Å². The van der Waals surface area contributed by atoms with E-state index in [1.165, 1.54) is 12.8 Å². The van der Waals surface area contributed by atoms with Crippen molar-refractivity contribution >= 4 is 31.9 Å². The minimum Gasteiger partial charge on any atom is -0.488 e. The molecule has 2 rings (SSSR count). The number of hydrogen-bond acceptors (Lipinski definition) is 3. The van der Waals surface area contributed by atoms with E-state index < -0.39 is 0 Å². The summed E-state index contributed by atoms with van der Waals surface area (Å²) in [5, 5.41) is 3.40. The van der Waals surface area contributed by atoms with Gasteiger partial charge in [0, 0.05) is 24.2 Å². The number of nitrogens with one attached hydrogen (secondary N) is 1. The quantitative estimate of drug-likeness (QED) is 0.799. The molecule has 1 saturated heterocycles. The number of ether oxygens (including phenoxy) is 2. The smallest absolute Gasteiger partial charge is 0.134 e. The Morgan fingerprint density at radius 3 is 3.00 bits per heavy atom. The van der Waals surface area contributed by atoms with Crippen LogP contribution in [-0.4, -0.2) is 31.9 Å². The summed E-state index contributed by atoms with van der Waals surface area (Å²) < 4.78 is 13.5. The summed E-state index contributed by atoms with van der Waals surface area (Å²) in [6, 6.07) is 5.93. The summed E-state index contributed by atoms with van der Waals surface area (Å²) in [5.74, 6) is 0.870. The van der Waals surface area contributed by atoms with Crippen LogP contribution in [0.2, 0.25) is 0 Å². The molecule has 3 nitrogen and oxygen atoms in total. The molecule has 1 aromatic rings. The van der Waals surface area contributed by atoms with Gasteiger partial charge in [0.05, 0.1) is 10.6 Å². The minimum atomic E-state index is 0.124. The van der Waals surface area contributed by atoms with Crippen LogP contribution in [0, 0.1) is 0 Å². The van der Waals surface area contributed by atoms with Crippen molar-refractivity contribution in [2.24, 2.45) is 0 Å². The van der Waals surface area contributed by atoms with Crippen molar-refractivity contribution in [2.45, 2.75) is 32.0 Å². The SMILES string of the molecule is CC(CNCC1CCCO1)Oc1ccc(Br)cc1Br. The Bertz CT molecular complexity index is 408. The normalized spacial score (nSPS) is 20.5. The summed E-state index contributed by atoms with van der Waals surface area (Å²) in [6.07, 6.45) is 2.86. The second-order valence-corrected chi connectivity index (χ2v) is 6.57. The van der Waals surface area contributed by atoms with E-state index in [4.69, 9.17) is 9.47 Å². The van der Waals surface area contributed by atoms with Gasteiger partial charge in [-0.1, -0.05) is 15.9 Å². The lowest BCUT2D eigenvalue weighted by atomic mass is 10.2. The molecule has 0 aliphatic carbocycles. The fraction of sp³-hybridized carbons (Fsp3) is 0.571. The van der Waals surface area contributed by atoms with Crippen LogP contribution < -0.4 is 10.1 Å². The van der Waals surface area contributed by atoms with Gasteiger partial charge < -0.3 is 14.8 Å². The van der Waals surface area contributed by atoms with Gasteiger partial charge in [-0.05, 0) is 53.9 Å². The Morgan fingerprint density at radius 1 is 1.47 bits per heavy atom. The molecule has 1 aromatic carbocycles. The highest BCUT2D eigenvalue weighted by Gasteiger charge is 2.15. The predicted molar refractivity (Wildman–Crippen MR) is 83.8 cm³/mol. The monoisotopic (exact) mass is 391 g/mol. The molecular weight excluding hydrogens is 374 g/mol. The van der Waals surface area contributed by atoms with Crippen LogP contribution in [-0.2, 0) is 4.74 Å². The lowest BCUT2D eigenvalue weighted by Crippen LogP contribution is -2.34. The number of rotatable bonds is 6. The van der Waals surface area contributed by atoms with Gasteiger partial charge in [0.1, 0.15) is 11.9 Å². The largest absolute Gasteiger partial charge is 0.488 e. The number of benzene rings is 1. The summed E-state index contributed by atoms with van der Waals surface area (Å²) >= 11 is 6.93. The van der Waals surface area contributed by atoms with Crippen molar-refractivity contribution in [2.75, 3.05) is 19.7 Å². The van der Waals surface area contributed by atoms with Crippen LogP contribution in [0.25, 0.3) is 0 Å². The van der Waals surface area contributed by atoms with Crippen LogP contribution >= 0.6 is 31.9 Å². The maximum atomic E-state index is 5.89. The zero-order valence-electron chi connectivity index (χ0n) is 11.0. The van der Waals surface area contributed by atoms with E-state index in [0.717, 1.165) is 34.4 Å². The van der Waals surface area contributed by atoms with E-state index in [-0.39, 0.29) is 6.10 Å². The molecule has 0 saturated carbocycles. The molecule has 2 unspecified atom stereocenters. The number of hydrogen-bond donors (Lipinski definition) is 1. The lowest BCUT2D eigenvalue weighted by Gasteiger charge is -2.18. The van der Waals surface area contributed by atoms with Crippen LogP contribution in [0.1, 0.15) is 19.8 Å². The van der Waals surface area contributed by atoms with Crippen LogP contribution in [0.15, 0.2) is 27.1 Å². The summed E-state index contributed by atoms with van der Waals surface area (Å²) in [7, 11) is 0. The molecule has 1 aliphatic heterocycles. The minimum absolute atomic E-state index is 0.124. The van der Waals surface area contributed by atoms with Gasteiger partial charge >= 0.3 is 0 Å². The zero-order chi connectivity index (χ0) is 13.7. The average Bonchev–Trinajstić information content (AvgIpc) is 2.86. The first-order chi connectivity index (χ1) is 9.15. The van der Waals surface area contributed by atoms with Crippen molar-refractivity contribution in [3.8, 4) is 5.75 Å². The second kappa shape index (κ2) is 7.62.